The molecule has 2 heterocycles. The smallest absolute Gasteiger partial charge is 0.414 e. The normalized spacial score (nSPS) is 15.5. The highest BCUT2D eigenvalue weighted by atomic mass is 16.6. The molecule has 1 aliphatic rings. The number of rotatable bonds is 12. The van der Waals surface area contributed by atoms with Crippen LogP contribution in [-0.2, 0) is 22.6 Å². The summed E-state index contributed by atoms with van der Waals surface area (Å²) in [6.45, 7) is 0.344. The third-order valence-electron chi connectivity index (χ3n) is 5.55. The van der Waals surface area contributed by atoms with Gasteiger partial charge in [0, 0.05) is 6.08 Å². The van der Waals surface area contributed by atoms with Gasteiger partial charge in [-0.05, 0) is 55.0 Å². The van der Waals surface area contributed by atoms with Crippen molar-refractivity contribution in [2.45, 2.75) is 51.2 Å². The number of oxazole rings is 1. The Balaban J connectivity index is 1.12. The lowest BCUT2D eigenvalue weighted by molar-refractivity contribution is -0.123. The van der Waals surface area contributed by atoms with E-state index in [9.17, 15) is 9.59 Å². The summed E-state index contributed by atoms with van der Waals surface area (Å²) in [5.41, 5.74) is 3.08. The van der Waals surface area contributed by atoms with Gasteiger partial charge in [-0.25, -0.2) is 9.78 Å². The van der Waals surface area contributed by atoms with Crippen molar-refractivity contribution in [2.75, 3.05) is 0 Å². The molecule has 1 saturated heterocycles. The van der Waals surface area contributed by atoms with E-state index >= 15 is 0 Å². The molecule has 4 rings (SSSR count). The van der Waals surface area contributed by atoms with Crippen LogP contribution in [0.15, 0.2) is 65.3 Å². The molecule has 0 radical (unpaired) electrons. The summed E-state index contributed by atoms with van der Waals surface area (Å²) in [5.74, 6) is 1.01. The fraction of sp³-hybridized carbons (Fsp3) is 0.296. The Morgan fingerprint density at radius 1 is 0.941 bits per heavy atom. The molecule has 1 unspecified atom stereocenters. The molecule has 1 aromatic heterocycles. The van der Waals surface area contributed by atoms with Gasteiger partial charge >= 0.3 is 6.09 Å². The van der Waals surface area contributed by atoms with Crippen molar-refractivity contribution < 1.29 is 23.5 Å². The van der Waals surface area contributed by atoms with Crippen molar-refractivity contribution in [3.8, 4) is 5.75 Å². The Kier molecular flexibility index (Phi) is 8.11. The molecule has 0 spiro atoms. The number of alkyl carbamates (subject to hydrolysis) is 1. The van der Waals surface area contributed by atoms with Gasteiger partial charge in [0.25, 0.3) is 5.91 Å². The van der Waals surface area contributed by atoms with Crippen molar-refractivity contribution in [3.05, 3.63) is 83.6 Å². The quantitative estimate of drug-likeness (QED) is 0.356. The van der Waals surface area contributed by atoms with E-state index in [0.29, 0.717) is 18.9 Å². The number of cyclic esters (lactones) is 1. The van der Waals surface area contributed by atoms with Gasteiger partial charge in [-0.15, -0.1) is 0 Å². The zero-order valence-electron chi connectivity index (χ0n) is 18.9. The van der Waals surface area contributed by atoms with Gasteiger partial charge in [0.15, 0.2) is 6.10 Å². The highest BCUT2D eigenvalue weighted by molar-refractivity contribution is 5.99. The predicted molar refractivity (Wildman–Crippen MR) is 128 cm³/mol. The number of benzene rings is 2. The summed E-state index contributed by atoms with van der Waals surface area (Å²) >= 11 is 0. The third-order valence-corrected chi connectivity index (χ3v) is 5.55. The largest absolute Gasteiger partial charge is 0.487 e. The summed E-state index contributed by atoms with van der Waals surface area (Å²) < 4.78 is 16.2. The van der Waals surface area contributed by atoms with Crippen LogP contribution in [0.2, 0.25) is 0 Å². The highest BCUT2D eigenvalue weighted by Gasteiger charge is 2.31. The number of aromatic nitrogens is 1. The van der Waals surface area contributed by atoms with E-state index in [1.54, 1.807) is 6.26 Å². The minimum Gasteiger partial charge on any atom is -0.487 e. The lowest BCUT2D eigenvalue weighted by Gasteiger charge is -2.07. The number of hydrogen-bond acceptors (Lipinski definition) is 6. The monoisotopic (exact) mass is 460 g/mol. The average Bonchev–Trinajstić information content (AvgIpc) is 3.45. The van der Waals surface area contributed by atoms with Crippen molar-refractivity contribution >= 4 is 24.2 Å². The lowest BCUT2D eigenvalue weighted by Crippen LogP contribution is -2.24. The van der Waals surface area contributed by atoms with E-state index < -0.39 is 12.2 Å². The van der Waals surface area contributed by atoms with Gasteiger partial charge in [0.05, 0.1) is 0 Å². The van der Waals surface area contributed by atoms with Gasteiger partial charge in [-0.2, -0.15) is 0 Å². The maximum absolute atomic E-state index is 11.4. The number of unbranched alkanes of at least 4 members (excludes halogenated alkanes) is 3. The van der Waals surface area contributed by atoms with Crippen LogP contribution in [0.5, 0.6) is 5.75 Å². The molecule has 1 N–H and O–H groups in total. The Hall–Kier alpha value is -3.87. The van der Waals surface area contributed by atoms with Crippen molar-refractivity contribution in [1.82, 2.24) is 10.3 Å². The molecule has 3 aromatic rings. The molecule has 2 amide bonds. The number of hydrogen-bond donors (Lipinski definition) is 1. The SMILES string of the molecule is O=C1NC(=O)C(CCCCCCc2ccc(OCc3coc(C=Cc4ccccc4)n3)cc2)O1. The van der Waals surface area contributed by atoms with Crippen LogP contribution in [0, 0.1) is 0 Å². The first-order valence-electron chi connectivity index (χ1n) is 11.6. The fourth-order valence-corrected chi connectivity index (χ4v) is 3.70. The lowest BCUT2D eigenvalue weighted by atomic mass is 10.0. The molecular formula is C27H28N2O5. The number of imide groups is 1. The number of amides is 2. The molecule has 7 heteroatoms. The van der Waals surface area contributed by atoms with E-state index in [1.807, 2.05) is 54.6 Å². The standard InChI is InChI=1S/C27H28N2O5/c30-26-24(34-27(31)29-26)11-7-2-1-4-10-21-12-15-23(16-13-21)32-18-22-19-33-25(28-22)17-14-20-8-5-3-6-9-20/h3,5-6,8-9,12-17,19,24H,1-2,4,7,10-11,18H2,(H,29,30,31). The summed E-state index contributed by atoms with van der Waals surface area (Å²) in [4.78, 5) is 26.9. The number of ether oxygens (including phenoxy) is 2. The Morgan fingerprint density at radius 3 is 2.50 bits per heavy atom. The topological polar surface area (TPSA) is 90.7 Å². The van der Waals surface area contributed by atoms with Crippen LogP contribution < -0.4 is 10.1 Å². The van der Waals surface area contributed by atoms with Crippen LogP contribution in [0.1, 0.15) is 54.8 Å². The molecule has 1 aliphatic heterocycles. The Labute approximate surface area is 198 Å². The molecule has 34 heavy (non-hydrogen) atoms. The van der Waals surface area contributed by atoms with E-state index in [0.717, 1.165) is 49.1 Å². The molecule has 7 nitrogen and oxygen atoms in total. The number of aryl methyl sites for hydroxylation is 1. The molecule has 1 atom stereocenters. The van der Waals surface area contributed by atoms with Crippen LogP contribution in [0.25, 0.3) is 12.2 Å². The van der Waals surface area contributed by atoms with Crippen molar-refractivity contribution in [3.63, 3.8) is 0 Å². The maximum Gasteiger partial charge on any atom is 0.414 e. The summed E-state index contributed by atoms with van der Waals surface area (Å²) in [7, 11) is 0. The zero-order valence-corrected chi connectivity index (χ0v) is 18.9. The van der Waals surface area contributed by atoms with Crippen molar-refractivity contribution in [1.29, 1.82) is 0 Å². The molecule has 2 aromatic carbocycles. The summed E-state index contributed by atoms with van der Waals surface area (Å²) in [5, 5.41) is 2.15. The number of carbonyl (C=O) groups excluding carboxylic acids is 2. The van der Waals surface area contributed by atoms with E-state index in [1.165, 1.54) is 5.56 Å². The maximum atomic E-state index is 11.4. The van der Waals surface area contributed by atoms with Crippen LogP contribution in [0.4, 0.5) is 4.79 Å². The first-order valence-corrected chi connectivity index (χ1v) is 11.6. The van der Waals surface area contributed by atoms with Gasteiger partial charge in [-0.3, -0.25) is 10.1 Å². The second-order valence-corrected chi connectivity index (χ2v) is 8.19. The first-order chi connectivity index (χ1) is 16.7. The second kappa shape index (κ2) is 11.8. The van der Waals surface area contributed by atoms with Gasteiger partial charge in [-0.1, -0.05) is 55.3 Å². The van der Waals surface area contributed by atoms with Crippen LogP contribution in [0.3, 0.4) is 0 Å². The van der Waals surface area contributed by atoms with E-state index in [-0.39, 0.29) is 5.91 Å². The molecule has 0 saturated carbocycles. The van der Waals surface area contributed by atoms with Gasteiger partial charge in [0.1, 0.15) is 24.3 Å². The number of nitrogens with zero attached hydrogens (tertiary/aromatic N) is 1. The van der Waals surface area contributed by atoms with Crippen LogP contribution in [-0.4, -0.2) is 23.1 Å². The van der Waals surface area contributed by atoms with E-state index in [2.05, 4.69) is 22.4 Å². The minimum atomic E-state index is -0.635. The Bertz CT molecular complexity index is 1110. The molecule has 0 bridgehead atoms. The van der Waals surface area contributed by atoms with Crippen molar-refractivity contribution in [2.24, 2.45) is 0 Å². The summed E-state index contributed by atoms with van der Waals surface area (Å²) in [6, 6.07) is 18.1. The minimum absolute atomic E-state index is 0.323. The molecule has 1 fully saturated rings. The van der Waals surface area contributed by atoms with Gasteiger partial charge < -0.3 is 13.9 Å². The zero-order chi connectivity index (χ0) is 23.6. The average molecular weight is 461 g/mol. The predicted octanol–water partition coefficient (Wildman–Crippen LogP) is 5.55. The second-order valence-electron chi connectivity index (χ2n) is 8.19. The number of nitrogens with one attached hydrogen (secondary N) is 1. The molecule has 176 valence electrons. The van der Waals surface area contributed by atoms with Gasteiger partial charge in [0.2, 0.25) is 5.89 Å². The third kappa shape index (κ3) is 7.07. The van der Waals surface area contributed by atoms with E-state index in [4.69, 9.17) is 13.9 Å². The highest BCUT2D eigenvalue weighted by Crippen LogP contribution is 2.18. The first kappa shape index (κ1) is 23.3. The van der Waals surface area contributed by atoms with Crippen LogP contribution >= 0.6 is 0 Å². The number of carbonyl (C=O) groups is 2. The Morgan fingerprint density at radius 2 is 1.74 bits per heavy atom. The molecular weight excluding hydrogens is 432 g/mol. The fourth-order valence-electron chi connectivity index (χ4n) is 3.70. The molecule has 0 aliphatic carbocycles. The summed E-state index contributed by atoms with van der Waals surface area (Å²) in [6.07, 6.45) is 9.73.